The zero-order valence-electron chi connectivity index (χ0n) is 17.6. The fourth-order valence-electron chi connectivity index (χ4n) is 3.59. The van der Waals surface area contributed by atoms with E-state index in [9.17, 15) is 0 Å². The van der Waals surface area contributed by atoms with Gasteiger partial charge in [-0.15, -0.1) is 35.3 Å². The van der Waals surface area contributed by atoms with Crippen LogP contribution >= 0.6 is 35.3 Å². The second kappa shape index (κ2) is 13.2. The Morgan fingerprint density at radius 2 is 1.97 bits per heavy atom. The molecular formula is C22H34IN5S. The number of hydrogen-bond donors (Lipinski definition) is 2. The van der Waals surface area contributed by atoms with Crippen molar-refractivity contribution in [3.63, 3.8) is 0 Å². The second-order valence-corrected chi connectivity index (χ2v) is 8.46. The number of guanidine groups is 1. The van der Waals surface area contributed by atoms with Crippen molar-refractivity contribution < 1.29 is 0 Å². The number of unbranched alkanes of at least 4 members (excludes halogenated alkanes) is 1. The van der Waals surface area contributed by atoms with Gasteiger partial charge in [0.25, 0.3) is 0 Å². The van der Waals surface area contributed by atoms with Crippen LogP contribution in [0.3, 0.4) is 0 Å². The highest BCUT2D eigenvalue weighted by molar-refractivity contribution is 14.0. The predicted octanol–water partition coefficient (Wildman–Crippen LogP) is 4.22. The number of nitrogens with one attached hydrogen (secondary N) is 2. The summed E-state index contributed by atoms with van der Waals surface area (Å²) in [6.45, 7) is 6.34. The van der Waals surface area contributed by atoms with Gasteiger partial charge in [-0.2, -0.15) is 0 Å². The first-order valence-corrected chi connectivity index (χ1v) is 11.3. The maximum Gasteiger partial charge on any atom is 0.191 e. The van der Waals surface area contributed by atoms with Gasteiger partial charge in [-0.1, -0.05) is 30.3 Å². The number of halogens is 1. The van der Waals surface area contributed by atoms with Crippen LogP contribution in [0.4, 0.5) is 0 Å². The number of aliphatic imine (C=N–C) groups is 1. The molecule has 0 amide bonds. The molecule has 0 atom stereocenters. The van der Waals surface area contributed by atoms with Crippen LogP contribution in [-0.4, -0.2) is 48.6 Å². The monoisotopic (exact) mass is 527 g/mol. The van der Waals surface area contributed by atoms with Crippen LogP contribution in [0.15, 0.2) is 40.7 Å². The zero-order valence-corrected chi connectivity index (χ0v) is 20.7. The summed E-state index contributed by atoms with van der Waals surface area (Å²) in [5, 5.41) is 10.5. The number of benzene rings is 1. The summed E-state index contributed by atoms with van der Waals surface area (Å²) < 4.78 is 0. The van der Waals surface area contributed by atoms with E-state index in [1.807, 2.05) is 7.05 Å². The highest BCUT2D eigenvalue weighted by Crippen LogP contribution is 2.14. The fraction of sp³-hybridized carbons (Fsp3) is 0.545. The zero-order chi connectivity index (χ0) is 19.6. The van der Waals surface area contributed by atoms with Crippen LogP contribution < -0.4 is 10.6 Å². The molecule has 5 nitrogen and oxygen atoms in total. The van der Waals surface area contributed by atoms with Crippen molar-refractivity contribution in [2.24, 2.45) is 4.99 Å². The molecule has 2 N–H and O–H groups in total. The number of piperidine rings is 1. The lowest BCUT2D eigenvalue weighted by Gasteiger charge is -2.33. The molecule has 0 unspecified atom stereocenters. The fourth-order valence-corrected chi connectivity index (χ4v) is 4.41. The first-order chi connectivity index (χ1) is 13.7. The average Bonchev–Trinajstić information content (AvgIpc) is 3.14. The number of rotatable bonds is 8. The molecule has 1 aromatic heterocycles. The van der Waals surface area contributed by atoms with Crippen LogP contribution in [0.2, 0.25) is 0 Å². The van der Waals surface area contributed by atoms with Crippen molar-refractivity contribution >= 4 is 41.3 Å². The molecule has 0 aliphatic carbocycles. The van der Waals surface area contributed by atoms with Crippen molar-refractivity contribution in [1.29, 1.82) is 0 Å². The summed E-state index contributed by atoms with van der Waals surface area (Å²) in [4.78, 5) is 11.5. The Labute approximate surface area is 196 Å². The molecule has 1 saturated heterocycles. The SMILES string of the molecule is CN=C(NCCCCc1nc(C)cs1)NC1CCN(Cc2ccccc2)CC1.I. The number of thiazole rings is 1. The van der Waals surface area contributed by atoms with E-state index in [2.05, 4.69) is 68.1 Å². The molecule has 7 heteroatoms. The molecule has 1 aliphatic rings. The molecule has 0 spiro atoms. The van der Waals surface area contributed by atoms with Gasteiger partial charge in [-0.25, -0.2) is 4.98 Å². The molecule has 1 aromatic carbocycles. The van der Waals surface area contributed by atoms with E-state index in [0.29, 0.717) is 6.04 Å². The molecule has 1 aliphatic heterocycles. The van der Waals surface area contributed by atoms with E-state index < -0.39 is 0 Å². The Bertz CT molecular complexity index is 726. The third kappa shape index (κ3) is 8.60. The number of aromatic nitrogens is 1. The molecular weight excluding hydrogens is 493 g/mol. The molecule has 29 heavy (non-hydrogen) atoms. The first-order valence-electron chi connectivity index (χ1n) is 10.4. The van der Waals surface area contributed by atoms with E-state index in [1.54, 1.807) is 11.3 Å². The normalized spacial score (nSPS) is 15.7. The highest BCUT2D eigenvalue weighted by Gasteiger charge is 2.19. The van der Waals surface area contributed by atoms with Gasteiger partial charge in [0.1, 0.15) is 0 Å². The lowest BCUT2D eigenvalue weighted by atomic mass is 10.0. The number of likely N-dealkylation sites (tertiary alicyclic amines) is 1. The molecule has 0 saturated carbocycles. The van der Waals surface area contributed by atoms with Gasteiger partial charge >= 0.3 is 0 Å². The minimum Gasteiger partial charge on any atom is -0.356 e. The number of aryl methyl sites for hydroxylation is 2. The first kappa shape index (κ1) is 24.1. The molecule has 2 heterocycles. The van der Waals surface area contributed by atoms with E-state index in [4.69, 9.17) is 0 Å². The van der Waals surface area contributed by atoms with Gasteiger partial charge in [-0.05, 0) is 44.6 Å². The van der Waals surface area contributed by atoms with Gasteiger partial charge in [0, 0.05) is 50.3 Å². The summed E-state index contributed by atoms with van der Waals surface area (Å²) >= 11 is 1.77. The summed E-state index contributed by atoms with van der Waals surface area (Å²) in [6, 6.07) is 11.3. The Hall–Kier alpha value is -1.19. The molecule has 1 fully saturated rings. The Kier molecular flexibility index (Phi) is 10.9. The molecule has 2 aromatic rings. The Morgan fingerprint density at radius 3 is 2.62 bits per heavy atom. The minimum absolute atomic E-state index is 0. The lowest BCUT2D eigenvalue weighted by molar-refractivity contribution is 0.198. The van der Waals surface area contributed by atoms with E-state index >= 15 is 0 Å². The summed E-state index contributed by atoms with van der Waals surface area (Å²) in [5.41, 5.74) is 2.54. The second-order valence-electron chi connectivity index (χ2n) is 7.52. The maximum atomic E-state index is 4.53. The van der Waals surface area contributed by atoms with Crippen LogP contribution in [-0.2, 0) is 13.0 Å². The van der Waals surface area contributed by atoms with E-state index in [0.717, 1.165) is 69.9 Å². The van der Waals surface area contributed by atoms with Crippen molar-refractivity contribution in [2.75, 3.05) is 26.7 Å². The number of nitrogens with zero attached hydrogens (tertiary/aromatic N) is 3. The van der Waals surface area contributed by atoms with Crippen molar-refractivity contribution in [1.82, 2.24) is 20.5 Å². The van der Waals surface area contributed by atoms with Gasteiger partial charge in [0.05, 0.1) is 5.01 Å². The van der Waals surface area contributed by atoms with Crippen LogP contribution in [0.25, 0.3) is 0 Å². The van der Waals surface area contributed by atoms with Crippen LogP contribution in [0.5, 0.6) is 0 Å². The lowest BCUT2D eigenvalue weighted by Crippen LogP contribution is -2.48. The smallest absolute Gasteiger partial charge is 0.191 e. The third-order valence-electron chi connectivity index (χ3n) is 5.18. The molecule has 160 valence electrons. The Morgan fingerprint density at radius 1 is 1.21 bits per heavy atom. The van der Waals surface area contributed by atoms with Crippen molar-refractivity contribution in [2.45, 2.75) is 51.6 Å². The quantitative estimate of drug-likeness (QED) is 0.234. The third-order valence-corrected chi connectivity index (χ3v) is 6.20. The van der Waals surface area contributed by atoms with Crippen LogP contribution in [0, 0.1) is 6.92 Å². The van der Waals surface area contributed by atoms with E-state index in [1.165, 1.54) is 10.6 Å². The predicted molar refractivity (Wildman–Crippen MR) is 134 cm³/mol. The van der Waals surface area contributed by atoms with E-state index in [-0.39, 0.29) is 24.0 Å². The maximum absolute atomic E-state index is 4.53. The summed E-state index contributed by atoms with van der Waals surface area (Å²) in [7, 11) is 1.86. The highest BCUT2D eigenvalue weighted by atomic mass is 127. The number of hydrogen-bond acceptors (Lipinski definition) is 4. The molecule has 0 bridgehead atoms. The largest absolute Gasteiger partial charge is 0.356 e. The Balaban J connectivity index is 0.00000300. The topological polar surface area (TPSA) is 52.6 Å². The van der Waals surface area contributed by atoms with Gasteiger partial charge < -0.3 is 10.6 Å². The van der Waals surface area contributed by atoms with Crippen molar-refractivity contribution in [3.05, 3.63) is 52.0 Å². The summed E-state index contributed by atoms with van der Waals surface area (Å²) in [6.07, 6.45) is 5.70. The van der Waals surface area contributed by atoms with Gasteiger partial charge in [0.2, 0.25) is 0 Å². The standard InChI is InChI=1S/C22H33N5S.HI/c1-18-17-28-21(25-18)10-6-7-13-24-22(23-2)26-20-11-14-27(15-12-20)16-19-8-4-3-5-9-19;/h3-5,8-9,17,20H,6-7,10-16H2,1-2H3,(H2,23,24,26);1H. The average molecular weight is 528 g/mol. The summed E-state index contributed by atoms with van der Waals surface area (Å²) in [5.74, 6) is 0.937. The van der Waals surface area contributed by atoms with Gasteiger partial charge in [-0.3, -0.25) is 9.89 Å². The van der Waals surface area contributed by atoms with Gasteiger partial charge in [0.15, 0.2) is 5.96 Å². The van der Waals surface area contributed by atoms with Crippen molar-refractivity contribution in [3.8, 4) is 0 Å². The molecule has 3 rings (SSSR count). The van der Waals surface area contributed by atoms with Crippen LogP contribution in [0.1, 0.15) is 41.9 Å². The minimum atomic E-state index is 0. The molecule has 0 radical (unpaired) electrons.